The molecule has 0 unspecified atom stereocenters. The molecule has 0 bridgehead atoms. The van der Waals surface area contributed by atoms with E-state index in [4.69, 9.17) is 0 Å². The van der Waals surface area contributed by atoms with Gasteiger partial charge in [-0.2, -0.15) is 0 Å². The molecule has 1 nitrogen and oxygen atoms in total. The second-order valence-corrected chi connectivity index (χ2v) is 4.43. The van der Waals surface area contributed by atoms with E-state index in [-0.39, 0.29) is 5.82 Å². The molecule has 1 aromatic carbocycles. The molecule has 0 aliphatic heterocycles. The first-order chi connectivity index (χ1) is 7.65. The molecule has 0 spiro atoms. The molecule has 90 valence electrons. The highest BCUT2D eigenvalue weighted by Gasteiger charge is 2.03. The molecular formula is C14H22FN. The van der Waals surface area contributed by atoms with Crippen molar-refractivity contribution in [2.75, 3.05) is 6.54 Å². The molecule has 2 heteroatoms. The number of hydrogen-bond donors (Lipinski definition) is 1. The van der Waals surface area contributed by atoms with Crippen LogP contribution in [0.1, 0.15) is 42.9 Å². The van der Waals surface area contributed by atoms with Crippen molar-refractivity contribution in [2.24, 2.45) is 0 Å². The quantitative estimate of drug-likeness (QED) is 0.725. The average Bonchev–Trinajstić information content (AvgIpc) is 2.25. The van der Waals surface area contributed by atoms with Gasteiger partial charge < -0.3 is 5.32 Å². The van der Waals surface area contributed by atoms with Crippen LogP contribution in [0.3, 0.4) is 0 Å². The summed E-state index contributed by atoms with van der Waals surface area (Å²) < 4.78 is 13.4. The van der Waals surface area contributed by atoms with E-state index >= 15 is 0 Å². The van der Waals surface area contributed by atoms with Gasteiger partial charge in [0.1, 0.15) is 5.82 Å². The van der Waals surface area contributed by atoms with E-state index in [0.717, 1.165) is 24.2 Å². The maximum Gasteiger partial charge on any atom is 0.129 e. The summed E-state index contributed by atoms with van der Waals surface area (Å²) in [6.45, 7) is 7.73. The molecule has 1 N–H and O–H groups in total. The minimum absolute atomic E-state index is 0.0743. The lowest BCUT2D eigenvalue weighted by atomic mass is 10.1. The molecule has 0 saturated carbocycles. The van der Waals surface area contributed by atoms with E-state index < -0.39 is 0 Å². The largest absolute Gasteiger partial charge is 0.313 e. The van der Waals surface area contributed by atoms with Crippen LogP contribution in [-0.2, 0) is 6.54 Å². The van der Waals surface area contributed by atoms with E-state index in [1.807, 2.05) is 26.0 Å². The van der Waals surface area contributed by atoms with Crippen molar-refractivity contribution in [1.29, 1.82) is 0 Å². The second kappa shape index (κ2) is 6.64. The first kappa shape index (κ1) is 13.2. The number of aryl methyl sites for hydroxylation is 2. The van der Waals surface area contributed by atoms with E-state index in [1.165, 1.54) is 24.8 Å². The lowest BCUT2D eigenvalue weighted by Crippen LogP contribution is -2.15. The smallest absolute Gasteiger partial charge is 0.129 e. The second-order valence-electron chi connectivity index (χ2n) is 4.43. The number of rotatable bonds is 6. The fourth-order valence-electron chi connectivity index (χ4n) is 1.87. The first-order valence-corrected chi connectivity index (χ1v) is 6.11. The van der Waals surface area contributed by atoms with Crippen molar-refractivity contribution in [3.05, 3.63) is 34.6 Å². The number of unbranched alkanes of at least 4 members (excludes halogenated alkanes) is 2. The highest BCUT2D eigenvalue weighted by molar-refractivity contribution is 5.30. The van der Waals surface area contributed by atoms with Crippen molar-refractivity contribution in [1.82, 2.24) is 5.32 Å². The van der Waals surface area contributed by atoms with E-state index in [2.05, 4.69) is 12.2 Å². The van der Waals surface area contributed by atoms with Gasteiger partial charge in [-0.25, -0.2) is 4.39 Å². The number of hydrogen-bond acceptors (Lipinski definition) is 1. The summed E-state index contributed by atoms with van der Waals surface area (Å²) in [4.78, 5) is 0. The van der Waals surface area contributed by atoms with Gasteiger partial charge in [-0.05, 0) is 43.5 Å². The Morgan fingerprint density at radius 3 is 2.31 bits per heavy atom. The van der Waals surface area contributed by atoms with Crippen molar-refractivity contribution >= 4 is 0 Å². The molecule has 0 saturated heterocycles. The lowest BCUT2D eigenvalue weighted by Gasteiger charge is -2.08. The summed E-state index contributed by atoms with van der Waals surface area (Å²) in [5.74, 6) is -0.0743. The van der Waals surface area contributed by atoms with Crippen LogP contribution in [-0.4, -0.2) is 6.54 Å². The monoisotopic (exact) mass is 223 g/mol. The Balaban J connectivity index is 2.43. The first-order valence-electron chi connectivity index (χ1n) is 6.11. The Morgan fingerprint density at radius 1 is 1.12 bits per heavy atom. The third kappa shape index (κ3) is 3.93. The SMILES string of the molecule is CCCCCNCc1cc(C)c(F)c(C)c1. The van der Waals surface area contributed by atoms with Gasteiger partial charge >= 0.3 is 0 Å². The molecule has 1 rings (SSSR count). The van der Waals surface area contributed by atoms with E-state index in [0.29, 0.717) is 0 Å². The van der Waals surface area contributed by atoms with Gasteiger partial charge in [-0.15, -0.1) is 0 Å². The van der Waals surface area contributed by atoms with Gasteiger partial charge in [0.2, 0.25) is 0 Å². The van der Waals surface area contributed by atoms with Crippen LogP contribution in [0.2, 0.25) is 0 Å². The maximum atomic E-state index is 13.4. The van der Waals surface area contributed by atoms with E-state index in [9.17, 15) is 4.39 Å². The topological polar surface area (TPSA) is 12.0 Å². The Labute approximate surface area is 98.1 Å². The average molecular weight is 223 g/mol. The summed E-state index contributed by atoms with van der Waals surface area (Å²) in [5, 5.41) is 3.39. The predicted molar refractivity (Wildman–Crippen MR) is 67.1 cm³/mol. The molecule has 0 aromatic heterocycles. The molecular weight excluding hydrogens is 201 g/mol. The summed E-state index contributed by atoms with van der Waals surface area (Å²) in [7, 11) is 0. The zero-order valence-corrected chi connectivity index (χ0v) is 10.6. The molecule has 0 aliphatic rings. The summed E-state index contributed by atoms with van der Waals surface area (Å²) >= 11 is 0. The summed E-state index contributed by atoms with van der Waals surface area (Å²) in [5.41, 5.74) is 2.66. The van der Waals surface area contributed by atoms with Gasteiger partial charge in [-0.3, -0.25) is 0 Å². The molecule has 0 aliphatic carbocycles. The van der Waals surface area contributed by atoms with Gasteiger partial charge in [0.15, 0.2) is 0 Å². The molecule has 0 heterocycles. The van der Waals surface area contributed by atoms with Crippen LogP contribution in [0, 0.1) is 19.7 Å². The molecule has 0 fully saturated rings. The van der Waals surface area contributed by atoms with Crippen molar-refractivity contribution in [3.8, 4) is 0 Å². The number of benzene rings is 1. The highest BCUT2D eigenvalue weighted by Crippen LogP contribution is 2.14. The normalized spacial score (nSPS) is 10.8. The minimum atomic E-state index is -0.0743. The zero-order valence-electron chi connectivity index (χ0n) is 10.6. The van der Waals surface area contributed by atoms with Gasteiger partial charge in [0.05, 0.1) is 0 Å². The van der Waals surface area contributed by atoms with Crippen LogP contribution in [0.4, 0.5) is 4.39 Å². The molecule has 0 radical (unpaired) electrons. The van der Waals surface area contributed by atoms with Crippen LogP contribution in [0.5, 0.6) is 0 Å². The molecule has 16 heavy (non-hydrogen) atoms. The summed E-state index contributed by atoms with van der Waals surface area (Å²) in [6, 6.07) is 3.85. The Kier molecular flexibility index (Phi) is 5.47. The fourth-order valence-corrected chi connectivity index (χ4v) is 1.87. The summed E-state index contributed by atoms with van der Waals surface area (Å²) in [6.07, 6.45) is 3.74. The van der Waals surface area contributed by atoms with E-state index in [1.54, 1.807) is 0 Å². The predicted octanol–water partition coefficient (Wildman–Crippen LogP) is 3.72. The zero-order chi connectivity index (χ0) is 12.0. The molecule has 0 amide bonds. The van der Waals surface area contributed by atoms with Crippen LogP contribution in [0.15, 0.2) is 12.1 Å². The van der Waals surface area contributed by atoms with Crippen LogP contribution in [0.25, 0.3) is 0 Å². The molecule has 1 aromatic rings. The van der Waals surface area contributed by atoms with Crippen LogP contribution < -0.4 is 5.32 Å². The standard InChI is InChI=1S/C14H22FN/c1-4-5-6-7-16-10-13-8-11(2)14(15)12(3)9-13/h8-9,16H,4-7,10H2,1-3H3. The Morgan fingerprint density at radius 2 is 1.75 bits per heavy atom. The Bertz CT molecular complexity index is 311. The van der Waals surface area contributed by atoms with Crippen molar-refractivity contribution < 1.29 is 4.39 Å². The fraction of sp³-hybridized carbons (Fsp3) is 0.571. The third-order valence-corrected chi connectivity index (χ3v) is 2.78. The van der Waals surface area contributed by atoms with Gasteiger partial charge in [0.25, 0.3) is 0 Å². The molecule has 0 atom stereocenters. The number of nitrogens with one attached hydrogen (secondary N) is 1. The lowest BCUT2D eigenvalue weighted by molar-refractivity contribution is 0.600. The third-order valence-electron chi connectivity index (χ3n) is 2.78. The minimum Gasteiger partial charge on any atom is -0.313 e. The van der Waals surface area contributed by atoms with Crippen molar-refractivity contribution in [2.45, 2.75) is 46.6 Å². The Hall–Kier alpha value is -0.890. The van der Waals surface area contributed by atoms with Crippen LogP contribution >= 0.6 is 0 Å². The maximum absolute atomic E-state index is 13.4. The number of halogens is 1. The van der Waals surface area contributed by atoms with Crippen molar-refractivity contribution in [3.63, 3.8) is 0 Å². The van der Waals surface area contributed by atoms with Gasteiger partial charge in [0, 0.05) is 6.54 Å². The van der Waals surface area contributed by atoms with Gasteiger partial charge in [-0.1, -0.05) is 31.9 Å². The highest BCUT2D eigenvalue weighted by atomic mass is 19.1.